The van der Waals surface area contributed by atoms with Crippen LogP contribution in [-0.4, -0.2) is 37.1 Å². The smallest absolute Gasteiger partial charge is 0.307 e. The summed E-state index contributed by atoms with van der Waals surface area (Å²) in [6, 6.07) is 14.9. The van der Waals surface area contributed by atoms with E-state index in [2.05, 4.69) is 4.98 Å². The Morgan fingerprint density at radius 3 is 2.97 bits per heavy atom. The van der Waals surface area contributed by atoms with Gasteiger partial charge >= 0.3 is 5.97 Å². The van der Waals surface area contributed by atoms with Gasteiger partial charge in [-0.25, -0.2) is 4.98 Å². The van der Waals surface area contributed by atoms with Crippen molar-refractivity contribution < 1.29 is 23.8 Å². The van der Waals surface area contributed by atoms with Gasteiger partial charge in [0.05, 0.1) is 24.9 Å². The average molecular weight is 424 g/mol. The van der Waals surface area contributed by atoms with Crippen molar-refractivity contribution in [2.75, 3.05) is 25.2 Å². The predicted molar refractivity (Wildman–Crippen MR) is 113 cm³/mol. The summed E-state index contributed by atoms with van der Waals surface area (Å²) in [5.41, 5.74) is 2.30. The normalized spacial score (nSPS) is 12.8. The largest absolute Gasteiger partial charge is 0.497 e. The van der Waals surface area contributed by atoms with Crippen LogP contribution in [0.3, 0.4) is 0 Å². The number of para-hydroxylation sites is 2. The number of ether oxygens (including phenoxy) is 3. The second-order valence-corrected chi connectivity index (χ2v) is 7.45. The van der Waals surface area contributed by atoms with E-state index >= 15 is 0 Å². The molecule has 2 heterocycles. The zero-order valence-corrected chi connectivity index (χ0v) is 17.2. The van der Waals surface area contributed by atoms with Crippen LogP contribution >= 0.6 is 11.3 Å². The molecule has 0 saturated heterocycles. The van der Waals surface area contributed by atoms with E-state index in [1.807, 2.05) is 41.8 Å². The van der Waals surface area contributed by atoms with Crippen LogP contribution in [0.4, 0.5) is 5.69 Å². The number of anilines is 1. The fraction of sp³-hybridized carbons (Fsp3) is 0.227. The molecular weight excluding hydrogens is 404 g/mol. The van der Waals surface area contributed by atoms with E-state index in [9.17, 15) is 9.59 Å². The number of rotatable bonds is 7. The highest BCUT2D eigenvalue weighted by Gasteiger charge is 2.25. The van der Waals surface area contributed by atoms with E-state index in [0.717, 1.165) is 16.3 Å². The molecule has 0 N–H and O–H groups in total. The van der Waals surface area contributed by atoms with Crippen LogP contribution < -0.4 is 14.4 Å². The average Bonchev–Trinajstić information content (AvgIpc) is 3.26. The second-order valence-electron chi connectivity index (χ2n) is 6.59. The Morgan fingerprint density at radius 1 is 1.23 bits per heavy atom. The summed E-state index contributed by atoms with van der Waals surface area (Å²) in [5, 5.41) is 2.69. The van der Waals surface area contributed by atoms with Crippen molar-refractivity contribution in [1.82, 2.24) is 4.98 Å². The Balaban J connectivity index is 1.32. The molecule has 0 saturated carbocycles. The first-order chi connectivity index (χ1) is 14.6. The summed E-state index contributed by atoms with van der Waals surface area (Å²) >= 11 is 1.48. The molecule has 7 nitrogen and oxygen atoms in total. The quantitative estimate of drug-likeness (QED) is 0.539. The van der Waals surface area contributed by atoms with Gasteiger partial charge in [0.15, 0.2) is 6.61 Å². The number of thiazole rings is 1. The summed E-state index contributed by atoms with van der Waals surface area (Å²) in [5.74, 6) is 0.833. The Hall–Kier alpha value is -3.39. The maximum atomic E-state index is 12.2. The molecule has 2 aromatic carbocycles. The van der Waals surface area contributed by atoms with Crippen LogP contribution in [0.2, 0.25) is 0 Å². The number of esters is 1. The van der Waals surface area contributed by atoms with Gasteiger partial charge in [0, 0.05) is 17.5 Å². The van der Waals surface area contributed by atoms with Gasteiger partial charge in [-0.2, -0.15) is 0 Å². The number of carbonyl (C=O) groups excluding carboxylic acids is 2. The van der Waals surface area contributed by atoms with E-state index < -0.39 is 0 Å². The van der Waals surface area contributed by atoms with Crippen LogP contribution in [-0.2, 0) is 20.9 Å². The van der Waals surface area contributed by atoms with Crippen molar-refractivity contribution in [1.29, 1.82) is 0 Å². The van der Waals surface area contributed by atoms with Gasteiger partial charge in [0.2, 0.25) is 0 Å². The van der Waals surface area contributed by atoms with Gasteiger partial charge in [-0.05, 0) is 24.3 Å². The first kappa shape index (κ1) is 19.9. The molecule has 0 unspecified atom stereocenters. The lowest BCUT2D eigenvalue weighted by molar-refractivity contribution is -0.144. The maximum absolute atomic E-state index is 12.2. The number of methoxy groups -OCH3 is 1. The number of nitrogens with zero attached hydrogens (tertiary/aromatic N) is 2. The second kappa shape index (κ2) is 8.96. The van der Waals surface area contributed by atoms with Crippen LogP contribution in [0.1, 0.15) is 12.1 Å². The summed E-state index contributed by atoms with van der Waals surface area (Å²) < 4.78 is 16.0. The van der Waals surface area contributed by atoms with E-state index in [4.69, 9.17) is 14.2 Å². The van der Waals surface area contributed by atoms with Crippen LogP contribution in [0, 0.1) is 0 Å². The molecule has 154 valence electrons. The highest BCUT2D eigenvalue weighted by molar-refractivity contribution is 7.13. The van der Waals surface area contributed by atoms with Crippen molar-refractivity contribution in [2.24, 2.45) is 0 Å². The molecule has 0 atom stereocenters. The third-order valence-corrected chi connectivity index (χ3v) is 5.54. The first-order valence-electron chi connectivity index (χ1n) is 9.40. The van der Waals surface area contributed by atoms with E-state index in [-0.39, 0.29) is 38.1 Å². The van der Waals surface area contributed by atoms with Crippen LogP contribution in [0.15, 0.2) is 53.9 Å². The van der Waals surface area contributed by atoms with Crippen molar-refractivity contribution in [3.8, 4) is 22.1 Å². The molecule has 0 radical (unpaired) electrons. The maximum Gasteiger partial charge on any atom is 0.307 e. The van der Waals surface area contributed by atoms with Gasteiger partial charge in [-0.1, -0.05) is 24.3 Å². The first-order valence-corrected chi connectivity index (χ1v) is 10.3. The summed E-state index contributed by atoms with van der Waals surface area (Å²) in [6.07, 6.45) is 0.0902. The topological polar surface area (TPSA) is 78.0 Å². The van der Waals surface area contributed by atoms with E-state index in [1.54, 1.807) is 24.1 Å². The minimum atomic E-state index is -0.386. The third kappa shape index (κ3) is 4.44. The van der Waals surface area contributed by atoms with Gasteiger partial charge in [0.1, 0.15) is 23.1 Å². The van der Waals surface area contributed by atoms with Gasteiger partial charge < -0.3 is 19.1 Å². The zero-order valence-electron chi connectivity index (χ0n) is 16.4. The fourth-order valence-corrected chi connectivity index (χ4v) is 3.89. The summed E-state index contributed by atoms with van der Waals surface area (Å²) in [4.78, 5) is 30.5. The van der Waals surface area contributed by atoms with E-state index in [1.165, 1.54) is 11.3 Å². The van der Waals surface area contributed by atoms with Gasteiger partial charge in [-0.3, -0.25) is 9.59 Å². The molecule has 8 heteroatoms. The van der Waals surface area contributed by atoms with Crippen molar-refractivity contribution in [2.45, 2.75) is 13.0 Å². The molecule has 1 amide bonds. The molecule has 0 spiro atoms. The SMILES string of the molecule is COc1cccc(-c2nc(COC(=O)CCN3C(=O)COc4ccccc43)cs2)c1. The molecule has 0 bridgehead atoms. The molecular formula is C22H20N2O5S. The van der Waals surface area contributed by atoms with E-state index in [0.29, 0.717) is 17.1 Å². The Morgan fingerprint density at radius 2 is 2.10 bits per heavy atom. The number of carbonyl (C=O) groups is 2. The standard InChI is InChI=1S/C22H20N2O5S/c1-27-17-6-4-5-15(11-17)22-23-16(14-30-22)12-29-21(26)9-10-24-18-7-2-3-8-19(18)28-13-20(24)25/h2-8,11,14H,9-10,12-13H2,1H3. The third-order valence-electron chi connectivity index (χ3n) is 4.60. The molecule has 1 aliphatic rings. The van der Waals surface area contributed by atoms with Crippen LogP contribution in [0.5, 0.6) is 11.5 Å². The fourth-order valence-electron chi connectivity index (χ4n) is 3.09. The Kier molecular flexibility index (Phi) is 5.94. The zero-order chi connectivity index (χ0) is 20.9. The highest BCUT2D eigenvalue weighted by atomic mass is 32.1. The molecule has 0 aliphatic carbocycles. The van der Waals surface area contributed by atoms with Crippen molar-refractivity contribution >= 4 is 28.9 Å². The lowest BCUT2D eigenvalue weighted by atomic mass is 10.2. The molecule has 0 fully saturated rings. The molecule has 30 heavy (non-hydrogen) atoms. The molecule has 1 aromatic heterocycles. The lowest BCUT2D eigenvalue weighted by Crippen LogP contribution is -2.40. The number of hydrogen-bond donors (Lipinski definition) is 0. The minimum absolute atomic E-state index is 0.0298. The minimum Gasteiger partial charge on any atom is -0.497 e. The highest BCUT2D eigenvalue weighted by Crippen LogP contribution is 2.31. The molecule has 1 aliphatic heterocycles. The number of fused-ring (bicyclic) bond motifs is 1. The monoisotopic (exact) mass is 424 g/mol. The lowest BCUT2D eigenvalue weighted by Gasteiger charge is -2.28. The molecule has 3 aromatic rings. The Bertz CT molecular complexity index is 1060. The van der Waals surface area contributed by atoms with Crippen molar-refractivity contribution in [3.05, 3.63) is 59.6 Å². The van der Waals surface area contributed by atoms with Gasteiger partial charge in [0.25, 0.3) is 5.91 Å². The number of aromatic nitrogens is 1. The summed E-state index contributed by atoms with van der Waals surface area (Å²) in [6.45, 7) is 0.301. The van der Waals surface area contributed by atoms with Crippen LogP contribution in [0.25, 0.3) is 10.6 Å². The van der Waals surface area contributed by atoms with Gasteiger partial charge in [-0.15, -0.1) is 11.3 Å². The number of hydrogen-bond acceptors (Lipinski definition) is 7. The van der Waals surface area contributed by atoms with Crippen molar-refractivity contribution in [3.63, 3.8) is 0 Å². The number of amides is 1. The molecule has 4 rings (SSSR count). The Labute approximate surface area is 177 Å². The number of benzene rings is 2. The summed E-state index contributed by atoms with van der Waals surface area (Å²) in [7, 11) is 1.62. The predicted octanol–water partition coefficient (Wildman–Crippen LogP) is 3.68.